The number of hydrogen-bond donors (Lipinski definition) is 3. The predicted molar refractivity (Wildman–Crippen MR) is 119 cm³/mol. The van der Waals surface area contributed by atoms with Gasteiger partial charge in [-0.25, -0.2) is 4.79 Å². The van der Waals surface area contributed by atoms with Gasteiger partial charge in [0.25, 0.3) is 0 Å². The molecule has 6 nitrogen and oxygen atoms in total. The van der Waals surface area contributed by atoms with Crippen LogP contribution in [0.15, 0.2) is 42.5 Å². The Kier molecular flexibility index (Phi) is 8.65. The van der Waals surface area contributed by atoms with Crippen molar-refractivity contribution in [2.24, 2.45) is 5.92 Å². The summed E-state index contributed by atoms with van der Waals surface area (Å²) in [5.74, 6) is 1.37. The Hall–Kier alpha value is -2.89. The van der Waals surface area contributed by atoms with Gasteiger partial charge >= 0.3 is 6.09 Å². The number of phenolic OH excluding ortho intramolecular Hbond substituents is 1. The first kappa shape index (κ1) is 22.4. The molecule has 0 aliphatic heterocycles. The van der Waals surface area contributed by atoms with E-state index in [0.29, 0.717) is 24.8 Å². The smallest absolute Gasteiger partial charge is 0.414 e. The number of benzene rings is 2. The number of rotatable bonds is 10. The van der Waals surface area contributed by atoms with Gasteiger partial charge in [0.05, 0.1) is 0 Å². The maximum Gasteiger partial charge on any atom is 0.414 e. The Morgan fingerprint density at radius 3 is 2.48 bits per heavy atom. The van der Waals surface area contributed by atoms with E-state index in [1.807, 2.05) is 31.2 Å². The lowest BCUT2D eigenvalue weighted by Crippen LogP contribution is -2.29. The van der Waals surface area contributed by atoms with Crippen LogP contribution in [0, 0.1) is 5.92 Å². The van der Waals surface area contributed by atoms with E-state index in [9.17, 15) is 9.90 Å². The molecule has 29 heavy (non-hydrogen) atoms. The zero-order valence-corrected chi connectivity index (χ0v) is 17.9. The lowest BCUT2D eigenvalue weighted by atomic mass is 10.0. The standard InChI is InChI=1S/C23H33N3O3/c1-5-17(6-2)15-24-20-11-12-22(27)18(13-20)16-25-19-9-8-10-21(14-19)29-23(28)26(4)7-3/h8-14,17,24-25,27H,5-7,15-16H2,1-4H3. The molecule has 2 aromatic rings. The molecule has 0 saturated heterocycles. The highest BCUT2D eigenvalue weighted by atomic mass is 16.6. The van der Waals surface area contributed by atoms with Gasteiger partial charge < -0.3 is 25.4 Å². The van der Waals surface area contributed by atoms with Crippen molar-refractivity contribution in [1.82, 2.24) is 4.90 Å². The van der Waals surface area contributed by atoms with Crippen LogP contribution >= 0.6 is 0 Å². The number of phenols is 1. The molecule has 0 aliphatic rings. The number of carbonyl (C=O) groups is 1. The lowest BCUT2D eigenvalue weighted by molar-refractivity contribution is 0.165. The first-order valence-electron chi connectivity index (χ1n) is 10.3. The highest BCUT2D eigenvalue weighted by Gasteiger charge is 2.10. The normalized spacial score (nSPS) is 10.7. The number of nitrogens with zero attached hydrogens (tertiary/aromatic N) is 1. The minimum Gasteiger partial charge on any atom is -0.508 e. The van der Waals surface area contributed by atoms with Crippen molar-refractivity contribution < 1.29 is 14.6 Å². The molecule has 0 aliphatic carbocycles. The fourth-order valence-corrected chi connectivity index (χ4v) is 2.85. The largest absolute Gasteiger partial charge is 0.508 e. The van der Waals surface area contributed by atoms with E-state index >= 15 is 0 Å². The molecule has 0 atom stereocenters. The Morgan fingerprint density at radius 1 is 1.07 bits per heavy atom. The van der Waals surface area contributed by atoms with Crippen molar-refractivity contribution in [3.8, 4) is 11.5 Å². The molecule has 0 saturated carbocycles. The fraction of sp³-hybridized carbons (Fsp3) is 0.435. The molecule has 0 fully saturated rings. The SMILES string of the molecule is CCC(CC)CNc1ccc(O)c(CNc2cccc(OC(=O)N(C)CC)c2)c1. The van der Waals surface area contributed by atoms with Crippen LogP contribution in [-0.4, -0.2) is 36.2 Å². The molecule has 6 heteroatoms. The number of nitrogens with one attached hydrogen (secondary N) is 2. The molecule has 0 unspecified atom stereocenters. The third-order valence-electron chi connectivity index (χ3n) is 5.14. The van der Waals surface area contributed by atoms with Crippen molar-refractivity contribution in [3.63, 3.8) is 0 Å². The summed E-state index contributed by atoms with van der Waals surface area (Å²) in [6.45, 7) is 8.25. The third kappa shape index (κ3) is 6.89. The van der Waals surface area contributed by atoms with Gasteiger partial charge in [0.1, 0.15) is 11.5 Å². The van der Waals surface area contributed by atoms with Crippen LogP contribution < -0.4 is 15.4 Å². The van der Waals surface area contributed by atoms with Crippen LogP contribution in [0.4, 0.5) is 16.2 Å². The highest BCUT2D eigenvalue weighted by Crippen LogP contribution is 2.24. The van der Waals surface area contributed by atoms with E-state index in [1.165, 1.54) is 4.90 Å². The van der Waals surface area contributed by atoms with E-state index < -0.39 is 6.09 Å². The van der Waals surface area contributed by atoms with Crippen LogP contribution in [0.1, 0.15) is 39.2 Å². The van der Waals surface area contributed by atoms with Gasteiger partial charge in [-0.3, -0.25) is 0 Å². The molecule has 158 valence electrons. The van der Waals surface area contributed by atoms with Crippen LogP contribution in [-0.2, 0) is 6.54 Å². The summed E-state index contributed by atoms with van der Waals surface area (Å²) in [5.41, 5.74) is 2.61. The van der Waals surface area contributed by atoms with Gasteiger partial charge in [-0.05, 0) is 43.2 Å². The second-order valence-corrected chi connectivity index (χ2v) is 7.17. The zero-order valence-electron chi connectivity index (χ0n) is 17.9. The van der Waals surface area contributed by atoms with Crippen molar-refractivity contribution in [2.75, 3.05) is 30.8 Å². The first-order chi connectivity index (χ1) is 14.0. The number of hydrogen-bond acceptors (Lipinski definition) is 5. The zero-order chi connectivity index (χ0) is 21.2. The average molecular weight is 400 g/mol. The summed E-state index contributed by atoms with van der Waals surface area (Å²) in [6.07, 6.45) is 1.90. The van der Waals surface area contributed by atoms with Crippen molar-refractivity contribution >= 4 is 17.5 Å². The number of anilines is 2. The molecule has 0 radical (unpaired) electrons. The second-order valence-electron chi connectivity index (χ2n) is 7.17. The summed E-state index contributed by atoms with van der Waals surface area (Å²) in [4.78, 5) is 13.4. The van der Waals surface area contributed by atoms with Gasteiger partial charge in [0.2, 0.25) is 0 Å². The Bertz CT molecular complexity index is 791. The number of amides is 1. The summed E-state index contributed by atoms with van der Waals surface area (Å²) >= 11 is 0. The van der Waals surface area contributed by atoms with Crippen molar-refractivity contribution in [1.29, 1.82) is 0 Å². The molecule has 0 bridgehead atoms. The molecule has 2 rings (SSSR count). The van der Waals surface area contributed by atoms with Gasteiger partial charge in [-0.15, -0.1) is 0 Å². The maximum absolute atomic E-state index is 11.9. The number of aromatic hydroxyl groups is 1. The minimum absolute atomic E-state index is 0.248. The van der Waals surface area contributed by atoms with E-state index in [0.717, 1.165) is 36.3 Å². The molecule has 1 amide bonds. The summed E-state index contributed by atoms with van der Waals surface area (Å²) < 4.78 is 5.37. The molecule has 3 N–H and O–H groups in total. The van der Waals surface area contributed by atoms with E-state index in [-0.39, 0.29) is 5.75 Å². The van der Waals surface area contributed by atoms with Crippen molar-refractivity contribution in [2.45, 2.75) is 40.2 Å². The van der Waals surface area contributed by atoms with Gasteiger partial charge in [0, 0.05) is 49.7 Å². The summed E-state index contributed by atoms with van der Waals surface area (Å²) in [7, 11) is 1.69. The van der Waals surface area contributed by atoms with E-state index in [2.05, 4.69) is 24.5 Å². The minimum atomic E-state index is -0.390. The summed E-state index contributed by atoms with van der Waals surface area (Å²) in [6, 6.07) is 12.8. The number of carbonyl (C=O) groups excluding carboxylic acids is 1. The number of ether oxygens (including phenoxy) is 1. The van der Waals surface area contributed by atoms with Crippen molar-refractivity contribution in [3.05, 3.63) is 48.0 Å². The third-order valence-corrected chi connectivity index (χ3v) is 5.14. The van der Waals surface area contributed by atoms with Crippen LogP contribution in [0.3, 0.4) is 0 Å². The maximum atomic E-state index is 11.9. The second kappa shape index (κ2) is 11.2. The van der Waals surface area contributed by atoms with E-state index in [1.54, 1.807) is 25.2 Å². The Morgan fingerprint density at radius 2 is 1.79 bits per heavy atom. The first-order valence-corrected chi connectivity index (χ1v) is 10.3. The molecular formula is C23H33N3O3. The van der Waals surface area contributed by atoms with Gasteiger partial charge in [0.15, 0.2) is 0 Å². The van der Waals surface area contributed by atoms with Gasteiger partial charge in [-0.1, -0.05) is 32.8 Å². The monoisotopic (exact) mass is 399 g/mol. The molecular weight excluding hydrogens is 366 g/mol. The quantitative estimate of drug-likeness (QED) is 0.473. The van der Waals surface area contributed by atoms with Crippen LogP contribution in [0.25, 0.3) is 0 Å². The Labute approximate surface area is 173 Å². The summed E-state index contributed by atoms with van der Waals surface area (Å²) in [5, 5.41) is 16.9. The van der Waals surface area contributed by atoms with E-state index in [4.69, 9.17) is 4.74 Å². The molecule has 0 aromatic heterocycles. The highest BCUT2D eigenvalue weighted by molar-refractivity contribution is 5.70. The van der Waals surface area contributed by atoms with Gasteiger partial charge in [-0.2, -0.15) is 0 Å². The average Bonchev–Trinajstić information content (AvgIpc) is 2.74. The predicted octanol–water partition coefficient (Wildman–Crippen LogP) is 5.30. The molecule has 0 heterocycles. The topological polar surface area (TPSA) is 73.8 Å². The Balaban J connectivity index is 1.99. The molecule has 2 aromatic carbocycles. The fourth-order valence-electron chi connectivity index (χ4n) is 2.85. The van der Waals surface area contributed by atoms with Crippen LogP contribution in [0.2, 0.25) is 0 Å². The molecule has 0 spiro atoms. The lowest BCUT2D eigenvalue weighted by Gasteiger charge is -2.16. The van der Waals surface area contributed by atoms with Crippen LogP contribution in [0.5, 0.6) is 11.5 Å².